The number of likely N-dealkylation sites (tertiary alicyclic amines) is 1. The van der Waals surface area contributed by atoms with Gasteiger partial charge in [-0.25, -0.2) is 4.98 Å². The Morgan fingerprint density at radius 1 is 1.38 bits per heavy atom. The maximum Gasteiger partial charge on any atom is 0.229 e. The van der Waals surface area contributed by atoms with E-state index in [0.717, 1.165) is 18.7 Å². The molecule has 1 aliphatic heterocycles. The van der Waals surface area contributed by atoms with Gasteiger partial charge in [0, 0.05) is 33.1 Å². The van der Waals surface area contributed by atoms with Crippen molar-refractivity contribution in [3.05, 3.63) is 18.3 Å². The monoisotopic (exact) mass is 288 g/mol. The number of hydrogen-bond acceptors (Lipinski definition) is 4. The van der Waals surface area contributed by atoms with Crippen molar-refractivity contribution in [2.24, 2.45) is 5.92 Å². The third-order valence-corrected chi connectivity index (χ3v) is 3.99. The van der Waals surface area contributed by atoms with Crippen molar-refractivity contribution in [1.29, 1.82) is 0 Å². The number of hydrogen-bond donors (Lipinski definition) is 1. The first-order chi connectivity index (χ1) is 10.0. The van der Waals surface area contributed by atoms with E-state index in [4.69, 9.17) is 0 Å². The highest BCUT2D eigenvalue weighted by molar-refractivity contribution is 5.97. The molecule has 0 aromatic carbocycles. The molecule has 0 bridgehead atoms. The van der Waals surface area contributed by atoms with Crippen LogP contribution in [-0.2, 0) is 9.59 Å². The van der Waals surface area contributed by atoms with Crippen LogP contribution in [0.2, 0.25) is 0 Å². The molecule has 21 heavy (non-hydrogen) atoms. The molecule has 3 rings (SSSR count). The molecule has 2 heterocycles. The Morgan fingerprint density at radius 2 is 2.14 bits per heavy atom. The summed E-state index contributed by atoms with van der Waals surface area (Å²) in [7, 11) is 3.83. The van der Waals surface area contributed by atoms with Gasteiger partial charge in [0.15, 0.2) is 0 Å². The van der Waals surface area contributed by atoms with Crippen molar-refractivity contribution < 1.29 is 9.59 Å². The van der Waals surface area contributed by atoms with Gasteiger partial charge in [0.25, 0.3) is 0 Å². The summed E-state index contributed by atoms with van der Waals surface area (Å²) < 4.78 is 0. The second-order valence-corrected chi connectivity index (χ2v) is 5.97. The Hall–Kier alpha value is -2.11. The number of amides is 2. The number of carbonyl (C=O) groups excluding carboxylic acids is 2. The van der Waals surface area contributed by atoms with Gasteiger partial charge in [0.05, 0.1) is 17.8 Å². The molecule has 112 valence electrons. The molecule has 6 nitrogen and oxygen atoms in total. The van der Waals surface area contributed by atoms with Crippen molar-refractivity contribution in [2.45, 2.75) is 25.3 Å². The van der Waals surface area contributed by atoms with Gasteiger partial charge in [-0.15, -0.1) is 0 Å². The number of pyridine rings is 1. The smallest absolute Gasteiger partial charge is 0.229 e. The van der Waals surface area contributed by atoms with Gasteiger partial charge in [0.2, 0.25) is 11.8 Å². The zero-order valence-corrected chi connectivity index (χ0v) is 12.4. The highest BCUT2D eigenvalue weighted by Crippen LogP contribution is 2.32. The molecule has 2 fully saturated rings. The second kappa shape index (κ2) is 5.35. The van der Waals surface area contributed by atoms with Crippen LogP contribution in [0, 0.1) is 5.92 Å². The first kappa shape index (κ1) is 13.9. The highest BCUT2D eigenvalue weighted by Gasteiger charge is 2.41. The van der Waals surface area contributed by atoms with Crippen LogP contribution in [0.15, 0.2) is 18.3 Å². The van der Waals surface area contributed by atoms with Gasteiger partial charge >= 0.3 is 0 Å². The summed E-state index contributed by atoms with van der Waals surface area (Å²) in [6.45, 7) is 0.554. The Morgan fingerprint density at radius 3 is 2.71 bits per heavy atom. The van der Waals surface area contributed by atoms with E-state index in [2.05, 4.69) is 10.3 Å². The van der Waals surface area contributed by atoms with Crippen LogP contribution in [0.1, 0.15) is 19.3 Å². The van der Waals surface area contributed by atoms with Crippen molar-refractivity contribution >= 4 is 23.3 Å². The number of rotatable bonds is 4. The Labute approximate surface area is 124 Å². The van der Waals surface area contributed by atoms with Crippen LogP contribution in [0.3, 0.4) is 0 Å². The molecule has 0 radical (unpaired) electrons. The molecule has 1 saturated heterocycles. The van der Waals surface area contributed by atoms with Gasteiger partial charge in [-0.1, -0.05) is 0 Å². The zero-order valence-electron chi connectivity index (χ0n) is 12.4. The maximum atomic E-state index is 12.2. The Kier molecular flexibility index (Phi) is 3.53. The molecular formula is C15H20N4O2. The number of nitrogens with zero attached hydrogens (tertiary/aromatic N) is 3. The lowest BCUT2D eigenvalue weighted by Crippen LogP contribution is -2.29. The highest BCUT2D eigenvalue weighted by atomic mass is 16.2. The summed E-state index contributed by atoms with van der Waals surface area (Å²) in [5.41, 5.74) is 0.669. The summed E-state index contributed by atoms with van der Waals surface area (Å²) in [4.78, 5) is 32.1. The molecule has 1 saturated carbocycles. The molecule has 1 aromatic heterocycles. The van der Waals surface area contributed by atoms with Crippen molar-refractivity contribution in [2.75, 3.05) is 30.9 Å². The number of nitrogens with one attached hydrogen (secondary N) is 1. The van der Waals surface area contributed by atoms with E-state index in [1.165, 1.54) is 0 Å². The summed E-state index contributed by atoms with van der Waals surface area (Å²) >= 11 is 0. The van der Waals surface area contributed by atoms with E-state index >= 15 is 0 Å². The summed E-state index contributed by atoms with van der Waals surface area (Å²) in [5.74, 6) is 0.611. The second-order valence-electron chi connectivity index (χ2n) is 5.97. The van der Waals surface area contributed by atoms with E-state index in [0.29, 0.717) is 24.7 Å². The summed E-state index contributed by atoms with van der Waals surface area (Å²) in [6, 6.07) is 4.07. The third-order valence-electron chi connectivity index (χ3n) is 3.99. The van der Waals surface area contributed by atoms with Crippen LogP contribution < -0.4 is 10.2 Å². The fourth-order valence-corrected chi connectivity index (χ4v) is 2.62. The molecule has 0 unspecified atom stereocenters. The lowest BCUT2D eigenvalue weighted by atomic mass is 10.1. The Balaban J connectivity index is 1.60. The molecule has 1 atom stereocenters. The third kappa shape index (κ3) is 2.99. The van der Waals surface area contributed by atoms with E-state index in [-0.39, 0.29) is 17.7 Å². The zero-order chi connectivity index (χ0) is 15.0. The molecule has 1 N–H and O–H groups in total. The van der Waals surface area contributed by atoms with Gasteiger partial charge < -0.3 is 15.1 Å². The van der Waals surface area contributed by atoms with Gasteiger partial charge in [-0.2, -0.15) is 0 Å². The van der Waals surface area contributed by atoms with Crippen LogP contribution in [0.25, 0.3) is 0 Å². The van der Waals surface area contributed by atoms with E-state index in [1.807, 2.05) is 36.0 Å². The quantitative estimate of drug-likeness (QED) is 0.901. The van der Waals surface area contributed by atoms with Crippen LogP contribution >= 0.6 is 0 Å². The number of aromatic nitrogens is 1. The summed E-state index contributed by atoms with van der Waals surface area (Å²) in [5, 5.41) is 2.85. The fourth-order valence-electron chi connectivity index (χ4n) is 2.62. The lowest BCUT2D eigenvalue weighted by Gasteiger charge is -2.15. The SMILES string of the molecule is CN(C)c1ccc(NC(=O)[C@H]2CC(=O)N(C3CC3)C2)cn1. The largest absolute Gasteiger partial charge is 0.363 e. The topological polar surface area (TPSA) is 65.5 Å². The number of carbonyl (C=O) groups is 2. The lowest BCUT2D eigenvalue weighted by molar-refractivity contribution is -0.128. The molecule has 1 aromatic rings. The van der Waals surface area contributed by atoms with Gasteiger partial charge in [-0.05, 0) is 25.0 Å². The fraction of sp³-hybridized carbons (Fsp3) is 0.533. The van der Waals surface area contributed by atoms with E-state index < -0.39 is 0 Å². The molecule has 6 heteroatoms. The minimum Gasteiger partial charge on any atom is -0.363 e. The minimum atomic E-state index is -0.244. The molecule has 2 aliphatic rings. The van der Waals surface area contributed by atoms with Crippen LogP contribution in [0.4, 0.5) is 11.5 Å². The standard InChI is InChI=1S/C15H20N4O2/c1-18(2)13-6-3-11(8-16-13)17-15(21)10-7-14(20)19(9-10)12-4-5-12/h3,6,8,10,12H,4-5,7,9H2,1-2H3,(H,17,21)/t10-/m0/s1. The molecule has 0 spiro atoms. The molecule has 1 aliphatic carbocycles. The van der Waals surface area contributed by atoms with Gasteiger partial charge in [-0.3, -0.25) is 9.59 Å². The van der Waals surface area contributed by atoms with Crippen molar-refractivity contribution in [3.8, 4) is 0 Å². The predicted molar refractivity (Wildman–Crippen MR) is 80.0 cm³/mol. The molecular weight excluding hydrogens is 268 g/mol. The first-order valence-corrected chi connectivity index (χ1v) is 7.28. The average molecular weight is 288 g/mol. The summed E-state index contributed by atoms with van der Waals surface area (Å²) in [6.07, 6.45) is 4.13. The first-order valence-electron chi connectivity index (χ1n) is 7.28. The van der Waals surface area contributed by atoms with Crippen molar-refractivity contribution in [3.63, 3.8) is 0 Å². The predicted octanol–water partition coefficient (Wildman–Crippen LogP) is 1.10. The van der Waals surface area contributed by atoms with Crippen LogP contribution in [-0.4, -0.2) is 48.4 Å². The van der Waals surface area contributed by atoms with E-state index in [1.54, 1.807) is 6.20 Å². The minimum absolute atomic E-state index is 0.0918. The van der Waals surface area contributed by atoms with Crippen LogP contribution in [0.5, 0.6) is 0 Å². The normalized spacial score (nSPS) is 21.5. The van der Waals surface area contributed by atoms with Gasteiger partial charge in [0.1, 0.15) is 5.82 Å². The average Bonchev–Trinajstić information content (AvgIpc) is 3.22. The number of anilines is 2. The Bertz CT molecular complexity index is 551. The maximum absolute atomic E-state index is 12.2. The van der Waals surface area contributed by atoms with E-state index in [9.17, 15) is 9.59 Å². The van der Waals surface area contributed by atoms with Crippen molar-refractivity contribution in [1.82, 2.24) is 9.88 Å². The molecule has 2 amide bonds.